The Balaban J connectivity index is 1.86. The van der Waals surface area contributed by atoms with Crippen molar-refractivity contribution >= 4 is 23.5 Å². The summed E-state index contributed by atoms with van der Waals surface area (Å²) in [5.74, 6) is -1.67. The molecule has 39 heavy (non-hydrogen) atoms. The summed E-state index contributed by atoms with van der Waals surface area (Å²) in [6, 6.07) is 1.75. The molecule has 15 nitrogen and oxygen atoms in total. The summed E-state index contributed by atoms with van der Waals surface area (Å²) < 4.78 is 31.5. The van der Waals surface area contributed by atoms with Crippen LogP contribution in [0.3, 0.4) is 0 Å². The van der Waals surface area contributed by atoms with E-state index < -0.39 is 28.7 Å². The number of nitro groups is 1. The monoisotopic (exact) mass is 560 g/mol. The van der Waals surface area contributed by atoms with Crippen molar-refractivity contribution in [2.45, 2.75) is 38.1 Å². The summed E-state index contributed by atoms with van der Waals surface area (Å²) >= 11 is 0. The van der Waals surface area contributed by atoms with Gasteiger partial charge in [0.15, 0.2) is 11.5 Å². The summed E-state index contributed by atoms with van der Waals surface area (Å²) in [5, 5.41) is 13.2. The van der Waals surface area contributed by atoms with Crippen LogP contribution >= 0.6 is 0 Å². The second kappa shape index (κ2) is 21.9. The quantitative estimate of drug-likeness (QED) is 0.0793. The van der Waals surface area contributed by atoms with Crippen LogP contribution in [0.2, 0.25) is 0 Å². The van der Waals surface area contributed by atoms with Crippen LogP contribution in [-0.2, 0) is 33.3 Å². The SMILES string of the molecule is NC(=O)CCOCCOCCOCCOCCOCCC(=O)C(N)CCCCNC(=O)c1ccc([N+](=O)[O-])o1. The highest BCUT2D eigenvalue weighted by Gasteiger charge is 2.17. The van der Waals surface area contributed by atoms with Crippen molar-refractivity contribution in [3.05, 3.63) is 28.0 Å². The maximum atomic E-state index is 12.1. The molecule has 1 aromatic heterocycles. The van der Waals surface area contributed by atoms with Gasteiger partial charge in [-0.2, -0.15) is 0 Å². The number of nitrogens with one attached hydrogen (secondary N) is 1. The maximum Gasteiger partial charge on any atom is 0.433 e. The number of furan rings is 1. The first kappa shape index (κ1) is 34.1. The van der Waals surface area contributed by atoms with E-state index in [0.29, 0.717) is 78.7 Å². The molecule has 1 heterocycles. The van der Waals surface area contributed by atoms with E-state index in [4.69, 9.17) is 39.6 Å². The molecule has 0 fully saturated rings. The second-order valence-corrected chi connectivity index (χ2v) is 8.25. The minimum Gasteiger partial charge on any atom is -0.395 e. The Labute approximate surface area is 226 Å². The molecule has 0 bridgehead atoms. The second-order valence-electron chi connectivity index (χ2n) is 8.25. The van der Waals surface area contributed by atoms with Crippen molar-refractivity contribution < 1.29 is 47.4 Å². The molecule has 0 radical (unpaired) electrons. The number of ether oxygens (including phenoxy) is 5. The fraction of sp³-hybridized carbons (Fsp3) is 0.708. The van der Waals surface area contributed by atoms with Gasteiger partial charge in [0, 0.05) is 19.4 Å². The number of nitrogens with two attached hydrogens (primary N) is 2. The predicted molar refractivity (Wildman–Crippen MR) is 137 cm³/mol. The normalized spacial score (nSPS) is 11.8. The van der Waals surface area contributed by atoms with Gasteiger partial charge < -0.3 is 44.9 Å². The summed E-state index contributed by atoms with van der Waals surface area (Å²) in [7, 11) is 0. The van der Waals surface area contributed by atoms with E-state index in [2.05, 4.69) is 5.32 Å². The molecule has 0 aliphatic heterocycles. The van der Waals surface area contributed by atoms with Crippen LogP contribution in [0.4, 0.5) is 5.88 Å². The van der Waals surface area contributed by atoms with Crippen molar-refractivity contribution in [3.8, 4) is 0 Å². The Kier molecular flexibility index (Phi) is 19.2. The topological polar surface area (TPSA) is 218 Å². The molecular weight excluding hydrogens is 520 g/mol. The summed E-state index contributed by atoms with van der Waals surface area (Å²) in [4.78, 5) is 44.4. The lowest BCUT2D eigenvalue weighted by atomic mass is 10.0. The molecule has 15 heteroatoms. The van der Waals surface area contributed by atoms with E-state index in [1.165, 1.54) is 6.07 Å². The van der Waals surface area contributed by atoms with Gasteiger partial charge in [0.2, 0.25) is 5.91 Å². The fourth-order valence-electron chi connectivity index (χ4n) is 3.00. The number of amides is 2. The van der Waals surface area contributed by atoms with Crippen molar-refractivity contribution in [3.63, 3.8) is 0 Å². The van der Waals surface area contributed by atoms with Crippen LogP contribution in [0.25, 0.3) is 0 Å². The van der Waals surface area contributed by atoms with Crippen LogP contribution < -0.4 is 16.8 Å². The average molecular weight is 561 g/mol. The first-order valence-corrected chi connectivity index (χ1v) is 12.8. The molecule has 1 aromatic rings. The lowest BCUT2D eigenvalue weighted by Gasteiger charge is -2.11. The lowest BCUT2D eigenvalue weighted by Crippen LogP contribution is -2.31. The van der Waals surface area contributed by atoms with Crippen molar-refractivity contribution in [2.24, 2.45) is 11.5 Å². The Morgan fingerprint density at radius 3 is 1.85 bits per heavy atom. The molecule has 1 atom stereocenters. The summed E-state index contributed by atoms with van der Waals surface area (Å²) in [6.07, 6.45) is 2.09. The standard InChI is InChI=1S/C24H40N4O11/c25-19(3-1-2-8-27-24(31)21-4-5-23(39-21)28(32)33)20(29)6-9-34-11-13-36-15-17-38-18-16-37-14-12-35-10-7-22(26)30/h4-5,19H,1-3,6-18,25H2,(H2,26,30)(H,27,31). The number of Topliss-reactive ketones (excluding diaryl/α,β-unsaturated/α-hetero) is 1. The first-order chi connectivity index (χ1) is 18.8. The number of ketones is 1. The third kappa shape index (κ3) is 18.1. The average Bonchev–Trinajstić information content (AvgIpc) is 3.41. The highest BCUT2D eigenvalue weighted by Crippen LogP contribution is 2.15. The number of carbonyl (C=O) groups is 3. The van der Waals surface area contributed by atoms with Crippen molar-refractivity contribution in [1.29, 1.82) is 0 Å². The molecule has 1 unspecified atom stereocenters. The molecule has 0 aromatic carbocycles. The van der Waals surface area contributed by atoms with Crippen LogP contribution in [-0.4, -0.2) is 101 Å². The highest BCUT2D eigenvalue weighted by atomic mass is 16.6. The van der Waals surface area contributed by atoms with E-state index in [1.54, 1.807) is 0 Å². The Bertz CT molecular complexity index is 850. The van der Waals surface area contributed by atoms with Gasteiger partial charge >= 0.3 is 5.88 Å². The zero-order chi connectivity index (χ0) is 28.7. The van der Waals surface area contributed by atoms with Crippen LogP contribution in [0.1, 0.15) is 42.7 Å². The van der Waals surface area contributed by atoms with Gasteiger partial charge in [-0.1, -0.05) is 0 Å². The van der Waals surface area contributed by atoms with Crippen LogP contribution in [0, 0.1) is 10.1 Å². The molecule has 0 saturated heterocycles. The number of unbranched alkanes of at least 4 members (excludes halogenated alkanes) is 1. The summed E-state index contributed by atoms with van der Waals surface area (Å²) in [5.41, 5.74) is 10.9. The van der Waals surface area contributed by atoms with E-state index in [0.717, 1.165) is 6.07 Å². The van der Waals surface area contributed by atoms with Crippen LogP contribution in [0.15, 0.2) is 16.5 Å². The lowest BCUT2D eigenvalue weighted by molar-refractivity contribution is -0.402. The van der Waals surface area contributed by atoms with Crippen LogP contribution in [0.5, 0.6) is 0 Å². The number of primary amides is 1. The van der Waals surface area contributed by atoms with Crippen molar-refractivity contribution in [2.75, 3.05) is 72.6 Å². The zero-order valence-electron chi connectivity index (χ0n) is 22.1. The van der Waals surface area contributed by atoms with E-state index in [1.807, 2.05) is 0 Å². The first-order valence-electron chi connectivity index (χ1n) is 12.8. The van der Waals surface area contributed by atoms with Gasteiger partial charge in [0.05, 0.1) is 78.2 Å². The minimum atomic E-state index is -0.718. The van der Waals surface area contributed by atoms with Gasteiger partial charge in [0.1, 0.15) is 4.92 Å². The molecule has 0 aliphatic rings. The maximum absolute atomic E-state index is 12.1. The molecule has 2 amide bonds. The van der Waals surface area contributed by atoms with Crippen molar-refractivity contribution in [1.82, 2.24) is 5.32 Å². The molecule has 0 aliphatic carbocycles. The number of carbonyl (C=O) groups excluding carboxylic acids is 3. The molecule has 5 N–H and O–H groups in total. The Morgan fingerprint density at radius 2 is 1.36 bits per heavy atom. The molecular formula is C24H40N4O11. The highest BCUT2D eigenvalue weighted by molar-refractivity contribution is 5.91. The Hall–Kier alpha value is -2.95. The molecule has 222 valence electrons. The predicted octanol–water partition coefficient (Wildman–Crippen LogP) is 0.333. The van der Waals surface area contributed by atoms with Gasteiger partial charge in [-0.05, 0) is 25.3 Å². The minimum absolute atomic E-state index is 0.101. The van der Waals surface area contributed by atoms with E-state index in [9.17, 15) is 24.5 Å². The third-order valence-corrected chi connectivity index (χ3v) is 5.11. The smallest absolute Gasteiger partial charge is 0.395 e. The number of nitrogens with zero attached hydrogens (tertiary/aromatic N) is 1. The molecule has 0 saturated carbocycles. The van der Waals surface area contributed by atoms with E-state index >= 15 is 0 Å². The number of hydrogen-bond acceptors (Lipinski definition) is 12. The fourth-order valence-corrected chi connectivity index (χ4v) is 3.00. The largest absolute Gasteiger partial charge is 0.433 e. The number of rotatable bonds is 26. The third-order valence-electron chi connectivity index (χ3n) is 5.11. The van der Waals surface area contributed by atoms with Gasteiger partial charge in [-0.15, -0.1) is 0 Å². The molecule has 1 rings (SSSR count). The van der Waals surface area contributed by atoms with Gasteiger partial charge in [-0.3, -0.25) is 24.5 Å². The summed E-state index contributed by atoms with van der Waals surface area (Å²) in [6.45, 7) is 4.07. The number of hydrogen-bond donors (Lipinski definition) is 3. The molecule has 0 spiro atoms. The van der Waals surface area contributed by atoms with E-state index in [-0.39, 0.29) is 37.6 Å². The zero-order valence-corrected chi connectivity index (χ0v) is 22.1. The Morgan fingerprint density at radius 1 is 0.846 bits per heavy atom. The van der Waals surface area contributed by atoms with Gasteiger partial charge in [-0.25, -0.2) is 0 Å². The van der Waals surface area contributed by atoms with Gasteiger partial charge in [0.25, 0.3) is 5.91 Å².